The van der Waals surface area contributed by atoms with Gasteiger partial charge < -0.3 is 14.6 Å². The van der Waals surface area contributed by atoms with Gasteiger partial charge in [-0.15, -0.1) is 0 Å². The largest absolute Gasteiger partial charge is 0.461 e. The first-order valence-corrected chi connectivity index (χ1v) is 9.25. The molecule has 26 heavy (non-hydrogen) atoms. The number of rotatable bonds is 1. The lowest BCUT2D eigenvalue weighted by Crippen LogP contribution is -2.62. The molecule has 0 bridgehead atoms. The summed E-state index contributed by atoms with van der Waals surface area (Å²) in [5.41, 5.74) is 1.15. The summed E-state index contributed by atoms with van der Waals surface area (Å²) < 4.78 is 5.79. The minimum Gasteiger partial charge on any atom is -0.461 e. The third kappa shape index (κ3) is 2.88. The molecule has 2 saturated heterocycles. The van der Waals surface area contributed by atoms with E-state index in [4.69, 9.17) is 4.42 Å². The van der Waals surface area contributed by atoms with Gasteiger partial charge in [0.1, 0.15) is 11.3 Å². The Labute approximate surface area is 153 Å². The second-order valence-corrected chi connectivity index (χ2v) is 7.55. The standard InChI is InChI=1S/C20H25N3O3/c1-14-12-15-4-3-5-16(18(15)26-14)19(25)23-11-10-22(2)20(13-23)7-6-17(24)21-9-8-20/h3-5,12H,6-11,13H2,1-2H3,(H,21,24). The maximum Gasteiger partial charge on any atom is 0.257 e. The molecule has 2 fully saturated rings. The lowest BCUT2D eigenvalue weighted by atomic mass is 9.86. The number of piperazine rings is 1. The van der Waals surface area contributed by atoms with E-state index in [0.29, 0.717) is 37.2 Å². The van der Waals surface area contributed by atoms with Crippen LogP contribution >= 0.6 is 0 Å². The number of aryl methyl sites for hydroxylation is 1. The minimum atomic E-state index is -0.139. The van der Waals surface area contributed by atoms with Gasteiger partial charge in [0.2, 0.25) is 5.91 Å². The summed E-state index contributed by atoms with van der Waals surface area (Å²) in [6.45, 7) is 4.71. The monoisotopic (exact) mass is 355 g/mol. The van der Waals surface area contributed by atoms with Crippen LogP contribution in [0.25, 0.3) is 11.0 Å². The van der Waals surface area contributed by atoms with Crippen LogP contribution in [0.5, 0.6) is 0 Å². The van der Waals surface area contributed by atoms with Crippen molar-refractivity contribution in [3.63, 3.8) is 0 Å². The van der Waals surface area contributed by atoms with Crippen molar-refractivity contribution in [1.29, 1.82) is 0 Å². The molecule has 1 aromatic carbocycles. The van der Waals surface area contributed by atoms with Crippen molar-refractivity contribution in [3.05, 3.63) is 35.6 Å². The Morgan fingerprint density at radius 1 is 1.27 bits per heavy atom. The van der Waals surface area contributed by atoms with Crippen molar-refractivity contribution in [1.82, 2.24) is 15.1 Å². The van der Waals surface area contributed by atoms with Crippen molar-refractivity contribution < 1.29 is 14.0 Å². The fourth-order valence-corrected chi connectivity index (χ4v) is 4.30. The average molecular weight is 355 g/mol. The fraction of sp³-hybridized carbons (Fsp3) is 0.500. The Balaban J connectivity index is 1.63. The molecule has 6 nitrogen and oxygen atoms in total. The minimum absolute atomic E-state index is 0.0148. The maximum atomic E-state index is 13.3. The van der Waals surface area contributed by atoms with Gasteiger partial charge in [-0.25, -0.2) is 0 Å². The second-order valence-electron chi connectivity index (χ2n) is 7.55. The maximum absolute atomic E-state index is 13.3. The number of hydrogen-bond acceptors (Lipinski definition) is 4. The molecule has 3 heterocycles. The summed E-state index contributed by atoms with van der Waals surface area (Å²) in [5.74, 6) is 0.930. The summed E-state index contributed by atoms with van der Waals surface area (Å²) in [4.78, 5) is 29.3. The molecule has 2 amide bonds. The molecule has 2 aromatic rings. The van der Waals surface area contributed by atoms with Crippen LogP contribution in [0.3, 0.4) is 0 Å². The molecule has 1 atom stereocenters. The molecule has 1 N–H and O–H groups in total. The van der Waals surface area contributed by atoms with Crippen molar-refractivity contribution in [2.24, 2.45) is 0 Å². The zero-order chi connectivity index (χ0) is 18.3. The van der Waals surface area contributed by atoms with Crippen LogP contribution in [0, 0.1) is 6.92 Å². The van der Waals surface area contributed by atoms with Gasteiger partial charge in [0.15, 0.2) is 0 Å². The van der Waals surface area contributed by atoms with Gasteiger partial charge in [-0.2, -0.15) is 0 Å². The van der Waals surface area contributed by atoms with E-state index in [1.165, 1.54) is 0 Å². The van der Waals surface area contributed by atoms with E-state index in [0.717, 1.165) is 30.5 Å². The Morgan fingerprint density at radius 2 is 2.12 bits per heavy atom. The Morgan fingerprint density at radius 3 is 2.96 bits per heavy atom. The average Bonchev–Trinajstić information content (AvgIpc) is 2.91. The van der Waals surface area contributed by atoms with E-state index in [9.17, 15) is 9.59 Å². The molecule has 6 heteroatoms. The highest BCUT2D eigenvalue weighted by atomic mass is 16.3. The van der Waals surface area contributed by atoms with Gasteiger partial charge in [-0.1, -0.05) is 12.1 Å². The summed E-state index contributed by atoms with van der Waals surface area (Å²) >= 11 is 0. The van der Waals surface area contributed by atoms with E-state index in [-0.39, 0.29) is 17.4 Å². The number of nitrogens with zero attached hydrogens (tertiary/aromatic N) is 2. The number of furan rings is 1. The predicted molar refractivity (Wildman–Crippen MR) is 99.1 cm³/mol. The molecule has 0 saturated carbocycles. The Kier molecular flexibility index (Phi) is 4.23. The predicted octanol–water partition coefficient (Wildman–Crippen LogP) is 2.17. The normalized spacial score (nSPS) is 24.7. The SMILES string of the molecule is Cc1cc2cccc(C(=O)N3CCN(C)C4(CCNC(=O)CC4)C3)c2o1. The van der Waals surface area contributed by atoms with Crippen molar-refractivity contribution in [3.8, 4) is 0 Å². The lowest BCUT2D eigenvalue weighted by molar-refractivity contribution is -0.121. The van der Waals surface area contributed by atoms with Gasteiger partial charge in [-0.05, 0) is 38.9 Å². The number of carbonyl (C=O) groups excluding carboxylic acids is 2. The van der Waals surface area contributed by atoms with Crippen LogP contribution in [-0.4, -0.2) is 60.4 Å². The van der Waals surface area contributed by atoms with E-state index >= 15 is 0 Å². The summed E-state index contributed by atoms with van der Waals surface area (Å²) in [6.07, 6.45) is 2.16. The van der Waals surface area contributed by atoms with E-state index in [1.54, 1.807) is 0 Å². The Hall–Kier alpha value is -2.34. The number of likely N-dealkylation sites (N-methyl/N-ethyl adjacent to an activating group) is 1. The molecule has 1 unspecified atom stereocenters. The Bertz CT molecular complexity index is 859. The molecular weight excluding hydrogens is 330 g/mol. The lowest BCUT2D eigenvalue weighted by Gasteiger charge is -2.49. The number of para-hydroxylation sites is 1. The highest BCUT2D eigenvalue weighted by Gasteiger charge is 2.42. The smallest absolute Gasteiger partial charge is 0.257 e. The number of amides is 2. The third-order valence-electron chi connectivity index (χ3n) is 5.92. The molecule has 1 spiro atoms. The van der Waals surface area contributed by atoms with Crippen LogP contribution in [0.15, 0.2) is 28.7 Å². The molecule has 138 valence electrons. The number of hydrogen-bond donors (Lipinski definition) is 1. The van der Waals surface area contributed by atoms with Gasteiger partial charge in [0, 0.05) is 43.5 Å². The highest BCUT2D eigenvalue weighted by Crippen LogP contribution is 2.32. The fourth-order valence-electron chi connectivity index (χ4n) is 4.30. The quantitative estimate of drug-likeness (QED) is 0.851. The highest BCUT2D eigenvalue weighted by molar-refractivity contribution is 6.05. The van der Waals surface area contributed by atoms with E-state index in [1.807, 2.05) is 36.1 Å². The molecule has 1 aromatic heterocycles. The summed E-state index contributed by atoms with van der Waals surface area (Å²) in [6, 6.07) is 7.68. The first-order chi connectivity index (χ1) is 12.5. The zero-order valence-corrected chi connectivity index (χ0v) is 15.4. The van der Waals surface area contributed by atoms with E-state index < -0.39 is 0 Å². The van der Waals surface area contributed by atoms with Crippen LogP contribution in [0.2, 0.25) is 0 Å². The molecular formula is C20H25N3O3. The molecule has 2 aliphatic rings. The molecule has 2 aliphatic heterocycles. The van der Waals surface area contributed by atoms with Crippen molar-refractivity contribution >= 4 is 22.8 Å². The van der Waals surface area contributed by atoms with Gasteiger partial charge >= 0.3 is 0 Å². The number of benzene rings is 1. The van der Waals surface area contributed by atoms with Gasteiger partial charge in [0.05, 0.1) is 5.56 Å². The van der Waals surface area contributed by atoms with Crippen molar-refractivity contribution in [2.45, 2.75) is 31.7 Å². The van der Waals surface area contributed by atoms with Crippen LogP contribution in [-0.2, 0) is 4.79 Å². The number of nitrogens with one attached hydrogen (secondary N) is 1. The first-order valence-electron chi connectivity index (χ1n) is 9.25. The second kappa shape index (κ2) is 6.43. The van der Waals surface area contributed by atoms with Crippen molar-refractivity contribution in [2.75, 3.05) is 33.2 Å². The van der Waals surface area contributed by atoms with Gasteiger partial charge in [0.25, 0.3) is 5.91 Å². The molecule has 4 rings (SSSR count). The topological polar surface area (TPSA) is 65.8 Å². The van der Waals surface area contributed by atoms with Crippen LogP contribution in [0.1, 0.15) is 35.4 Å². The molecule has 0 aliphatic carbocycles. The van der Waals surface area contributed by atoms with Crippen LogP contribution < -0.4 is 5.32 Å². The zero-order valence-electron chi connectivity index (χ0n) is 15.4. The number of fused-ring (bicyclic) bond motifs is 1. The van der Waals surface area contributed by atoms with Crippen LogP contribution in [0.4, 0.5) is 0 Å². The van der Waals surface area contributed by atoms with E-state index in [2.05, 4.69) is 17.3 Å². The van der Waals surface area contributed by atoms with Gasteiger partial charge in [-0.3, -0.25) is 14.5 Å². The molecule has 0 radical (unpaired) electrons. The summed E-state index contributed by atoms with van der Waals surface area (Å²) in [7, 11) is 2.11. The third-order valence-corrected chi connectivity index (χ3v) is 5.92. The number of carbonyl (C=O) groups is 2. The first kappa shape index (κ1) is 17.1. The summed E-state index contributed by atoms with van der Waals surface area (Å²) in [5, 5.41) is 3.91.